The summed E-state index contributed by atoms with van der Waals surface area (Å²) in [7, 11) is -1.26. The Balaban J connectivity index is 3.79. The number of aliphatic carboxylic acids is 1. The highest BCUT2D eigenvalue weighted by Gasteiger charge is 2.17. The van der Waals surface area contributed by atoms with Gasteiger partial charge in [-0.2, -0.15) is 0 Å². The molecule has 0 heterocycles. The molecule has 0 radical (unpaired) electrons. The summed E-state index contributed by atoms with van der Waals surface area (Å²) in [4.78, 5) is 10.5. The molecule has 0 saturated carbocycles. The number of rotatable bonds is 5. The van der Waals surface area contributed by atoms with Crippen molar-refractivity contribution >= 4 is 15.0 Å². The number of carboxylic acid groups (broad SMARTS) is 1. The first-order valence-electron chi connectivity index (χ1n) is 3.69. The lowest BCUT2D eigenvalue weighted by Gasteiger charge is -2.16. The molecule has 5 heteroatoms. The van der Waals surface area contributed by atoms with Gasteiger partial charge in [0.2, 0.25) is 0 Å². The molecule has 0 aliphatic carbocycles. The van der Waals surface area contributed by atoms with Gasteiger partial charge < -0.3 is 9.53 Å². The van der Waals surface area contributed by atoms with Crippen LogP contribution in [-0.4, -0.2) is 32.9 Å². The van der Waals surface area contributed by atoms with Gasteiger partial charge in [0, 0.05) is 0 Å². The van der Waals surface area contributed by atoms with Gasteiger partial charge in [-0.05, 0) is 19.6 Å². The van der Waals surface area contributed by atoms with Crippen molar-refractivity contribution in [3.8, 4) is 0 Å². The molecule has 0 rings (SSSR count). The summed E-state index contributed by atoms with van der Waals surface area (Å²) in [6.07, 6.45) is -0.813. The fourth-order valence-corrected chi connectivity index (χ4v) is 1.41. The van der Waals surface area contributed by atoms with Crippen LogP contribution in [0.15, 0.2) is 0 Å². The fourth-order valence-electron chi connectivity index (χ4n) is 0.651. The Morgan fingerprint density at radius 3 is 2.55 bits per heavy atom. The van der Waals surface area contributed by atoms with Crippen molar-refractivity contribution in [3.05, 3.63) is 0 Å². The predicted molar refractivity (Wildman–Crippen MR) is 45.1 cm³/mol. The standard InChI is InChI=1S/C6H15NO3Si/c1-4-7-5(6(8)9)10-11(2)3/h5,7,11H,4H2,1-3H3,(H,8,9). The molecule has 2 N–H and O–H groups in total. The van der Waals surface area contributed by atoms with Gasteiger partial charge in [0.05, 0.1) is 0 Å². The summed E-state index contributed by atoms with van der Waals surface area (Å²) in [5.41, 5.74) is 0. The summed E-state index contributed by atoms with van der Waals surface area (Å²) in [6.45, 7) is 6.33. The zero-order valence-electron chi connectivity index (χ0n) is 7.13. The van der Waals surface area contributed by atoms with Crippen LogP contribution < -0.4 is 5.32 Å². The first-order valence-corrected chi connectivity index (χ1v) is 6.47. The van der Waals surface area contributed by atoms with Crippen LogP contribution in [-0.2, 0) is 9.22 Å². The van der Waals surface area contributed by atoms with Crippen LogP contribution in [0.2, 0.25) is 13.1 Å². The molecule has 0 bridgehead atoms. The minimum atomic E-state index is -1.26. The largest absolute Gasteiger partial charge is 0.478 e. The minimum Gasteiger partial charge on any atom is -0.478 e. The van der Waals surface area contributed by atoms with Crippen LogP contribution in [0.1, 0.15) is 6.92 Å². The minimum absolute atomic E-state index is 0.609. The Bertz CT molecular complexity index is 129. The Kier molecular flexibility index (Phi) is 5.09. The Morgan fingerprint density at radius 2 is 2.27 bits per heavy atom. The number of hydrogen-bond donors (Lipinski definition) is 2. The second-order valence-electron chi connectivity index (χ2n) is 2.46. The molecule has 0 amide bonds. The highest BCUT2D eigenvalue weighted by molar-refractivity contribution is 6.48. The van der Waals surface area contributed by atoms with E-state index in [0.717, 1.165) is 0 Å². The van der Waals surface area contributed by atoms with Gasteiger partial charge in [-0.25, -0.2) is 4.79 Å². The molecule has 4 nitrogen and oxygen atoms in total. The van der Waals surface area contributed by atoms with E-state index < -0.39 is 21.2 Å². The molecule has 0 aromatic heterocycles. The average Bonchev–Trinajstić information content (AvgIpc) is 1.86. The highest BCUT2D eigenvalue weighted by Crippen LogP contribution is 1.91. The van der Waals surface area contributed by atoms with Crippen LogP contribution in [0, 0.1) is 0 Å². The second kappa shape index (κ2) is 5.28. The zero-order chi connectivity index (χ0) is 8.85. The van der Waals surface area contributed by atoms with Crippen LogP contribution in [0.25, 0.3) is 0 Å². The summed E-state index contributed by atoms with van der Waals surface area (Å²) in [5.74, 6) is -0.937. The molecule has 0 saturated heterocycles. The van der Waals surface area contributed by atoms with Crippen LogP contribution in [0.3, 0.4) is 0 Å². The third-order valence-electron chi connectivity index (χ3n) is 1.02. The first kappa shape index (κ1) is 10.6. The van der Waals surface area contributed by atoms with E-state index in [1.54, 1.807) is 0 Å². The van der Waals surface area contributed by atoms with E-state index in [1.165, 1.54) is 0 Å². The molecule has 66 valence electrons. The lowest BCUT2D eigenvalue weighted by molar-refractivity contribution is -0.146. The number of likely N-dealkylation sites (N-methyl/N-ethyl adjacent to an activating group) is 1. The van der Waals surface area contributed by atoms with Gasteiger partial charge in [0.1, 0.15) is 0 Å². The van der Waals surface area contributed by atoms with E-state index in [9.17, 15) is 4.79 Å². The number of carboxylic acids is 1. The van der Waals surface area contributed by atoms with E-state index in [0.29, 0.717) is 6.54 Å². The molecular formula is C6H15NO3Si. The van der Waals surface area contributed by atoms with E-state index >= 15 is 0 Å². The molecule has 0 aromatic rings. The summed E-state index contributed by atoms with van der Waals surface area (Å²) in [6, 6.07) is 0. The lowest BCUT2D eigenvalue weighted by atomic mass is 10.5. The molecule has 11 heavy (non-hydrogen) atoms. The SMILES string of the molecule is CCNC(O[SiH](C)C)C(=O)O. The Labute approximate surface area is 68.3 Å². The zero-order valence-corrected chi connectivity index (χ0v) is 8.28. The smallest absolute Gasteiger partial charge is 0.347 e. The molecule has 0 aliphatic rings. The van der Waals surface area contributed by atoms with Gasteiger partial charge in [-0.3, -0.25) is 5.32 Å². The van der Waals surface area contributed by atoms with E-state index in [2.05, 4.69) is 5.32 Å². The van der Waals surface area contributed by atoms with E-state index in [-0.39, 0.29) is 0 Å². The normalized spacial score (nSPS) is 13.5. The summed E-state index contributed by atoms with van der Waals surface area (Å²) < 4.78 is 5.18. The van der Waals surface area contributed by atoms with Gasteiger partial charge in [-0.15, -0.1) is 0 Å². The fraction of sp³-hybridized carbons (Fsp3) is 0.833. The number of nitrogens with one attached hydrogen (secondary N) is 1. The quantitative estimate of drug-likeness (QED) is 0.458. The van der Waals surface area contributed by atoms with Crippen molar-refractivity contribution in [2.24, 2.45) is 0 Å². The van der Waals surface area contributed by atoms with E-state index in [1.807, 2.05) is 20.0 Å². The van der Waals surface area contributed by atoms with Crippen molar-refractivity contribution in [1.82, 2.24) is 5.32 Å². The predicted octanol–water partition coefficient (Wildman–Crippen LogP) is 0.00660. The Hall–Kier alpha value is -0.393. The van der Waals surface area contributed by atoms with Gasteiger partial charge in [0.25, 0.3) is 0 Å². The maximum Gasteiger partial charge on any atom is 0.347 e. The Morgan fingerprint density at radius 1 is 1.73 bits per heavy atom. The maximum atomic E-state index is 10.5. The van der Waals surface area contributed by atoms with Crippen LogP contribution in [0.5, 0.6) is 0 Å². The van der Waals surface area contributed by atoms with Crippen molar-refractivity contribution < 1.29 is 14.3 Å². The van der Waals surface area contributed by atoms with Gasteiger partial charge >= 0.3 is 5.97 Å². The maximum absolute atomic E-state index is 10.5. The van der Waals surface area contributed by atoms with Crippen LogP contribution in [0.4, 0.5) is 0 Å². The van der Waals surface area contributed by atoms with Gasteiger partial charge in [-0.1, -0.05) is 6.92 Å². The van der Waals surface area contributed by atoms with Crippen molar-refractivity contribution in [2.45, 2.75) is 26.2 Å². The van der Waals surface area contributed by atoms with Crippen molar-refractivity contribution in [3.63, 3.8) is 0 Å². The number of carbonyl (C=O) groups is 1. The monoisotopic (exact) mass is 177 g/mol. The number of hydrogen-bond acceptors (Lipinski definition) is 3. The summed E-state index contributed by atoms with van der Waals surface area (Å²) >= 11 is 0. The van der Waals surface area contributed by atoms with Crippen LogP contribution >= 0.6 is 0 Å². The molecule has 0 fully saturated rings. The molecule has 0 aromatic carbocycles. The van der Waals surface area contributed by atoms with Crippen molar-refractivity contribution in [2.75, 3.05) is 6.54 Å². The average molecular weight is 177 g/mol. The van der Waals surface area contributed by atoms with Gasteiger partial charge in [0.15, 0.2) is 15.3 Å². The van der Waals surface area contributed by atoms with Crippen molar-refractivity contribution in [1.29, 1.82) is 0 Å². The topological polar surface area (TPSA) is 58.6 Å². The third kappa shape index (κ3) is 4.94. The summed E-state index contributed by atoms with van der Waals surface area (Å²) in [5, 5.41) is 11.3. The van der Waals surface area contributed by atoms with E-state index in [4.69, 9.17) is 9.53 Å². The second-order valence-corrected chi connectivity index (χ2v) is 4.83. The lowest BCUT2D eigenvalue weighted by Crippen LogP contribution is -2.41. The molecule has 0 aliphatic heterocycles. The highest BCUT2D eigenvalue weighted by atomic mass is 28.3. The first-order chi connectivity index (χ1) is 5.07. The third-order valence-corrected chi connectivity index (χ3v) is 1.84. The molecule has 1 atom stereocenters. The molecule has 1 unspecified atom stereocenters. The molecular weight excluding hydrogens is 162 g/mol. The molecule has 0 spiro atoms.